The predicted octanol–water partition coefficient (Wildman–Crippen LogP) is 3.67. The van der Waals surface area contributed by atoms with E-state index >= 15 is 0 Å². The van der Waals surface area contributed by atoms with E-state index in [-0.39, 0.29) is 0 Å². The van der Waals surface area contributed by atoms with E-state index < -0.39 is 10.0 Å². The van der Waals surface area contributed by atoms with Crippen LogP contribution in [0.25, 0.3) is 0 Å². The topological polar surface area (TPSA) is 46.2 Å². The van der Waals surface area contributed by atoms with E-state index in [1.807, 2.05) is 37.3 Å². The molecule has 3 rings (SSSR count). The number of aryl methyl sites for hydroxylation is 3. The molecule has 2 aromatic carbocycles. The molecule has 2 aromatic rings. The van der Waals surface area contributed by atoms with Crippen molar-refractivity contribution in [2.24, 2.45) is 0 Å². The molecule has 0 saturated carbocycles. The molecular weight excluding hydrogens is 282 g/mol. The lowest BCUT2D eigenvalue weighted by molar-refractivity contribution is 0.600. The van der Waals surface area contributed by atoms with Gasteiger partial charge < -0.3 is 0 Å². The lowest BCUT2D eigenvalue weighted by Crippen LogP contribution is -2.14. The summed E-state index contributed by atoms with van der Waals surface area (Å²) in [5, 5.41) is 0. The number of sulfonamides is 1. The van der Waals surface area contributed by atoms with Gasteiger partial charge in [-0.3, -0.25) is 4.72 Å². The SMILES string of the molecule is Cc1cccc(NS(=O)(=O)c2ccc3c(c2)CCCC3)c1. The van der Waals surface area contributed by atoms with Gasteiger partial charge in [0, 0.05) is 5.69 Å². The fourth-order valence-electron chi connectivity index (χ4n) is 2.80. The molecule has 4 heteroatoms. The zero-order valence-electron chi connectivity index (χ0n) is 12.1. The van der Waals surface area contributed by atoms with Gasteiger partial charge in [-0.1, -0.05) is 18.2 Å². The molecule has 0 aromatic heterocycles. The van der Waals surface area contributed by atoms with E-state index in [4.69, 9.17) is 0 Å². The Morgan fingerprint density at radius 3 is 2.48 bits per heavy atom. The van der Waals surface area contributed by atoms with Crippen LogP contribution in [0.2, 0.25) is 0 Å². The average Bonchev–Trinajstić information content (AvgIpc) is 2.46. The van der Waals surface area contributed by atoms with Crippen molar-refractivity contribution >= 4 is 15.7 Å². The van der Waals surface area contributed by atoms with E-state index in [0.29, 0.717) is 10.6 Å². The molecule has 1 aliphatic carbocycles. The maximum Gasteiger partial charge on any atom is 0.261 e. The summed E-state index contributed by atoms with van der Waals surface area (Å²) in [5.41, 5.74) is 4.09. The maximum atomic E-state index is 12.5. The Morgan fingerprint density at radius 1 is 0.952 bits per heavy atom. The highest BCUT2D eigenvalue weighted by Crippen LogP contribution is 2.25. The molecule has 21 heavy (non-hydrogen) atoms. The lowest BCUT2D eigenvalue weighted by Gasteiger charge is -2.17. The Hall–Kier alpha value is -1.81. The molecule has 0 unspecified atom stereocenters. The van der Waals surface area contributed by atoms with Crippen molar-refractivity contribution in [3.05, 3.63) is 59.2 Å². The molecule has 110 valence electrons. The Bertz CT molecular complexity index is 766. The van der Waals surface area contributed by atoms with E-state index in [1.54, 1.807) is 12.1 Å². The zero-order valence-corrected chi connectivity index (χ0v) is 12.9. The summed E-state index contributed by atoms with van der Waals surface area (Å²) >= 11 is 0. The maximum absolute atomic E-state index is 12.5. The normalized spacial score (nSPS) is 14.5. The highest BCUT2D eigenvalue weighted by Gasteiger charge is 2.17. The van der Waals surface area contributed by atoms with Gasteiger partial charge in [-0.05, 0) is 73.6 Å². The second-order valence-electron chi connectivity index (χ2n) is 5.61. The quantitative estimate of drug-likeness (QED) is 0.940. The van der Waals surface area contributed by atoms with Gasteiger partial charge in [-0.15, -0.1) is 0 Å². The third-order valence-electron chi connectivity index (χ3n) is 3.90. The molecule has 1 aliphatic rings. The van der Waals surface area contributed by atoms with Gasteiger partial charge in [0.05, 0.1) is 4.90 Å². The summed E-state index contributed by atoms with van der Waals surface area (Å²) in [6.07, 6.45) is 4.37. The van der Waals surface area contributed by atoms with Crippen molar-refractivity contribution in [3.8, 4) is 0 Å². The summed E-state index contributed by atoms with van der Waals surface area (Å²) in [4.78, 5) is 0.352. The Labute approximate surface area is 126 Å². The van der Waals surface area contributed by atoms with Gasteiger partial charge in [-0.2, -0.15) is 0 Å². The molecule has 0 bridgehead atoms. The Morgan fingerprint density at radius 2 is 1.71 bits per heavy atom. The van der Waals surface area contributed by atoms with Gasteiger partial charge in [0.25, 0.3) is 10.0 Å². The molecular formula is C17H19NO2S. The minimum absolute atomic E-state index is 0.352. The summed E-state index contributed by atoms with van der Waals surface area (Å²) < 4.78 is 27.6. The van der Waals surface area contributed by atoms with Crippen molar-refractivity contribution in [1.82, 2.24) is 0 Å². The second-order valence-corrected chi connectivity index (χ2v) is 7.30. The number of rotatable bonds is 3. The van der Waals surface area contributed by atoms with Gasteiger partial charge in [-0.25, -0.2) is 8.42 Å². The van der Waals surface area contributed by atoms with Crippen molar-refractivity contribution < 1.29 is 8.42 Å². The fraction of sp³-hybridized carbons (Fsp3) is 0.294. The smallest absolute Gasteiger partial charge is 0.261 e. The minimum atomic E-state index is -3.51. The van der Waals surface area contributed by atoms with Crippen molar-refractivity contribution in [3.63, 3.8) is 0 Å². The van der Waals surface area contributed by atoms with E-state index in [1.165, 1.54) is 17.5 Å². The largest absolute Gasteiger partial charge is 0.280 e. The fourth-order valence-corrected chi connectivity index (χ4v) is 3.90. The minimum Gasteiger partial charge on any atom is -0.280 e. The first-order chi connectivity index (χ1) is 10.0. The van der Waals surface area contributed by atoms with Crippen molar-refractivity contribution in [2.45, 2.75) is 37.5 Å². The van der Waals surface area contributed by atoms with Gasteiger partial charge >= 0.3 is 0 Å². The average molecular weight is 301 g/mol. The highest BCUT2D eigenvalue weighted by atomic mass is 32.2. The van der Waals surface area contributed by atoms with E-state index in [2.05, 4.69) is 4.72 Å². The van der Waals surface area contributed by atoms with Gasteiger partial charge in [0.1, 0.15) is 0 Å². The van der Waals surface area contributed by atoms with Crippen LogP contribution >= 0.6 is 0 Å². The van der Waals surface area contributed by atoms with Crippen LogP contribution in [0.5, 0.6) is 0 Å². The molecule has 0 spiro atoms. The van der Waals surface area contributed by atoms with Crippen LogP contribution in [0, 0.1) is 6.92 Å². The molecule has 1 N–H and O–H groups in total. The molecule has 0 atom stereocenters. The highest BCUT2D eigenvalue weighted by molar-refractivity contribution is 7.92. The molecule has 0 fully saturated rings. The van der Waals surface area contributed by atoms with E-state index in [9.17, 15) is 8.42 Å². The number of hydrogen-bond donors (Lipinski definition) is 1. The van der Waals surface area contributed by atoms with Gasteiger partial charge in [0.2, 0.25) is 0 Å². The summed E-state index contributed by atoms with van der Waals surface area (Å²) in [6.45, 7) is 1.94. The second kappa shape index (κ2) is 5.53. The van der Waals surface area contributed by atoms with Gasteiger partial charge in [0.15, 0.2) is 0 Å². The van der Waals surface area contributed by atoms with Crippen LogP contribution in [-0.4, -0.2) is 8.42 Å². The Balaban J connectivity index is 1.91. The molecule has 0 heterocycles. The number of fused-ring (bicyclic) bond motifs is 1. The molecule has 0 aliphatic heterocycles. The van der Waals surface area contributed by atoms with Crippen LogP contribution in [-0.2, 0) is 22.9 Å². The first kappa shape index (κ1) is 14.1. The molecule has 0 radical (unpaired) electrons. The van der Waals surface area contributed by atoms with Crippen LogP contribution < -0.4 is 4.72 Å². The number of benzene rings is 2. The summed E-state index contributed by atoms with van der Waals surface area (Å²) in [7, 11) is -3.51. The van der Waals surface area contributed by atoms with Crippen LogP contribution in [0.4, 0.5) is 5.69 Å². The van der Waals surface area contributed by atoms with Crippen molar-refractivity contribution in [2.75, 3.05) is 4.72 Å². The third-order valence-corrected chi connectivity index (χ3v) is 5.28. The third kappa shape index (κ3) is 3.10. The monoisotopic (exact) mass is 301 g/mol. The number of anilines is 1. The van der Waals surface area contributed by atoms with Crippen LogP contribution in [0.3, 0.4) is 0 Å². The predicted molar refractivity (Wildman–Crippen MR) is 85.1 cm³/mol. The molecule has 0 amide bonds. The Kier molecular flexibility index (Phi) is 3.72. The standard InChI is InChI=1S/C17H19NO2S/c1-13-5-4-8-16(11-13)18-21(19,20)17-10-9-14-6-2-3-7-15(14)12-17/h4-5,8-12,18H,2-3,6-7H2,1H3. The number of nitrogens with one attached hydrogen (secondary N) is 1. The van der Waals surface area contributed by atoms with Crippen LogP contribution in [0.15, 0.2) is 47.4 Å². The van der Waals surface area contributed by atoms with Crippen LogP contribution in [0.1, 0.15) is 29.5 Å². The van der Waals surface area contributed by atoms with E-state index in [0.717, 1.165) is 24.8 Å². The first-order valence-electron chi connectivity index (χ1n) is 7.26. The first-order valence-corrected chi connectivity index (χ1v) is 8.74. The molecule has 3 nitrogen and oxygen atoms in total. The summed E-state index contributed by atoms with van der Waals surface area (Å²) in [5.74, 6) is 0. The van der Waals surface area contributed by atoms with Crippen molar-refractivity contribution in [1.29, 1.82) is 0 Å². The number of hydrogen-bond acceptors (Lipinski definition) is 2. The lowest BCUT2D eigenvalue weighted by atomic mass is 9.92. The zero-order chi connectivity index (χ0) is 14.9. The molecule has 0 saturated heterocycles. The summed E-state index contributed by atoms with van der Waals surface area (Å²) in [6, 6.07) is 12.9.